The SMILES string of the molecule is Cc1ccc(N2CCn3ccnc3C2)c(C(=N)N)c1. The van der Waals surface area contributed by atoms with E-state index in [4.69, 9.17) is 11.1 Å². The number of rotatable bonds is 2. The largest absolute Gasteiger partial charge is 0.384 e. The molecule has 19 heavy (non-hydrogen) atoms. The van der Waals surface area contributed by atoms with Gasteiger partial charge in [0.1, 0.15) is 11.7 Å². The topological polar surface area (TPSA) is 70.9 Å². The molecule has 5 nitrogen and oxygen atoms in total. The number of hydrogen-bond donors (Lipinski definition) is 2. The highest BCUT2D eigenvalue weighted by Crippen LogP contribution is 2.25. The second-order valence-corrected chi connectivity index (χ2v) is 4.89. The van der Waals surface area contributed by atoms with Gasteiger partial charge in [-0.05, 0) is 19.1 Å². The van der Waals surface area contributed by atoms with Gasteiger partial charge in [0.25, 0.3) is 0 Å². The van der Waals surface area contributed by atoms with E-state index >= 15 is 0 Å². The molecule has 0 unspecified atom stereocenters. The minimum absolute atomic E-state index is 0.118. The molecular formula is C14H17N5. The number of imidazole rings is 1. The Morgan fingerprint density at radius 3 is 3.00 bits per heavy atom. The molecule has 1 aliphatic heterocycles. The number of fused-ring (bicyclic) bond motifs is 1. The zero-order valence-electron chi connectivity index (χ0n) is 10.9. The molecule has 0 saturated carbocycles. The Kier molecular flexibility index (Phi) is 2.74. The average Bonchev–Trinajstić information content (AvgIpc) is 2.85. The summed E-state index contributed by atoms with van der Waals surface area (Å²) in [7, 11) is 0. The third-order valence-electron chi connectivity index (χ3n) is 3.53. The first-order valence-electron chi connectivity index (χ1n) is 6.35. The van der Waals surface area contributed by atoms with E-state index in [0.717, 1.165) is 42.3 Å². The van der Waals surface area contributed by atoms with Crippen molar-refractivity contribution in [2.75, 3.05) is 11.4 Å². The first kappa shape index (κ1) is 11.8. The number of anilines is 1. The van der Waals surface area contributed by atoms with Gasteiger partial charge in [-0.25, -0.2) is 4.98 Å². The summed E-state index contributed by atoms with van der Waals surface area (Å²) < 4.78 is 2.16. The van der Waals surface area contributed by atoms with Gasteiger partial charge >= 0.3 is 0 Å². The molecule has 0 fully saturated rings. The van der Waals surface area contributed by atoms with Gasteiger partial charge in [-0.1, -0.05) is 11.6 Å². The summed E-state index contributed by atoms with van der Waals surface area (Å²) in [5.41, 5.74) is 8.64. The fourth-order valence-corrected chi connectivity index (χ4v) is 2.52. The number of hydrogen-bond acceptors (Lipinski definition) is 3. The summed E-state index contributed by atoms with van der Waals surface area (Å²) in [6.07, 6.45) is 3.84. The average molecular weight is 255 g/mol. The Labute approximate surface area is 112 Å². The lowest BCUT2D eigenvalue weighted by molar-refractivity contribution is 0.560. The van der Waals surface area contributed by atoms with E-state index in [2.05, 4.69) is 20.5 Å². The summed E-state index contributed by atoms with van der Waals surface area (Å²) in [5.74, 6) is 1.17. The molecule has 0 saturated heterocycles. The number of amidine groups is 1. The predicted molar refractivity (Wildman–Crippen MR) is 75.5 cm³/mol. The van der Waals surface area contributed by atoms with Crippen molar-refractivity contribution in [3.63, 3.8) is 0 Å². The van der Waals surface area contributed by atoms with Crippen LogP contribution in [0.2, 0.25) is 0 Å². The lowest BCUT2D eigenvalue weighted by atomic mass is 10.1. The van der Waals surface area contributed by atoms with Gasteiger partial charge in [-0.15, -0.1) is 0 Å². The number of aromatic nitrogens is 2. The zero-order valence-corrected chi connectivity index (χ0v) is 10.9. The van der Waals surface area contributed by atoms with Crippen LogP contribution in [0.25, 0.3) is 0 Å². The molecule has 1 aromatic heterocycles. The van der Waals surface area contributed by atoms with Crippen LogP contribution in [0.4, 0.5) is 5.69 Å². The van der Waals surface area contributed by atoms with Crippen molar-refractivity contribution in [1.29, 1.82) is 5.41 Å². The fraction of sp³-hybridized carbons (Fsp3) is 0.286. The molecule has 98 valence electrons. The Balaban J connectivity index is 1.98. The lowest BCUT2D eigenvalue weighted by Crippen LogP contribution is -2.35. The van der Waals surface area contributed by atoms with Crippen LogP contribution in [0.15, 0.2) is 30.6 Å². The molecule has 3 rings (SSSR count). The number of nitrogen functional groups attached to an aromatic ring is 1. The molecule has 0 aliphatic carbocycles. The van der Waals surface area contributed by atoms with Crippen molar-refractivity contribution in [3.8, 4) is 0 Å². The maximum absolute atomic E-state index is 7.74. The Hall–Kier alpha value is -2.30. The first-order chi connectivity index (χ1) is 9.15. The molecule has 1 aliphatic rings. The molecule has 5 heteroatoms. The second-order valence-electron chi connectivity index (χ2n) is 4.89. The molecule has 0 bridgehead atoms. The van der Waals surface area contributed by atoms with Crippen LogP contribution in [0, 0.1) is 12.3 Å². The molecule has 0 spiro atoms. The van der Waals surface area contributed by atoms with Crippen LogP contribution in [0.3, 0.4) is 0 Å². The molecular weight excluding hydrogens is 238 g/mol. The number of benzene rings is 1. The third-order valence-corrected chi connectivity index (χ3v) is 3.53. The standard InChI is InChI=1S/C14H17N5/c1-10-2-3-12(11(8-10)14(15)16)19-7-6-18-5-4-17-13(18)9-19/h2-5,8H,6-7,9H2,1H3,(H3,15,16). The minimum Gasteiger partial charge on any atom is -0.384 e. The van der Waals surface area contributed by atoms with E-state index in [1.807, 2.05) is 31.5 Å². The third kappa shape index (κ3) is 2.07. The number of nitrogens with zero attached hydrogens (tertiary/aromatic N) is 3. The van der Waals surface area contributed by atoms with Crippen molar-refractivity contribution in [1.82, 2.24) is 9.55 Å². The molecule has 1 aromatic carbocycles. The van der Waals surface area contributed by atoms with Crippen molar-refractivity contribution in [2.24, 2.45) is 5.73 Å². The molecule has 0 atom stereocenters. The monoisotopic (exact) mass is 255 g/mol. The summed E-state index contributed by atoms with van der Waals surface area (Å²) in [6, 6.07) is 6.08. The number of nitrogens with one attached hydrogen (secondary N) is 1. The molecule has 2 aromatic rings. The van der Waals surface area contributed by atoms with E-state index in [0.29, 0.717) is 0 Å². The Morgan fingerprint density at radius 1 is 1.37 bits per heavy atom. The predicted octanol–water partition coefficient (Wildman–Crippen LogP) is 1.50. The smallest absolute Gasteiger partial charge is 0.128 e. The van der Waals surface area contributed by atoms with E-state index in [1.54, 1.807) is 0 Å². The number of nitrogens with two attached hydrogens (primary N) is 1. The van der Waals surface area contributed by atoms with E-state index in [1.165, 1.54) is 0 Å². The first-order valence-corrected chi connectivity index (χ1v) is 6.35. The summed E-state index contributed by atoms with van der Waals surface area (Å²) in [4.78, 5) is 6.60. The maximum atomic E-state index is 7.74. The fourth-order valence-electron chi connectivity index (χ4n) is 2.52. The van der Waals surface area contributed by atoms with Crippen molar-refractivity contribution < 1.29 is 0 Å². The van der Waals surface area contributed by atoms with Crippen LogP contribution in [0.1, 0.15) is 17.0 Å². The highest BCUT2D eigenvalue weighted by Gasteiger charge is 2.19. The highest BCUT2D eigenvalue weighted by molar-refractivity contribution is 6.00. The van der Waals surface area contributed by atoms with Gasteiger partial charge < -0.3 is 15.2 Å². The quantitative estimate of drug-likeness (QED) is 0.631. The van der Waals surface area contributed by atoms with Crippen LogP contribution >= 0.6 is 0 Å². The van der Waals surface area contributed by atoms with Gasteiger partial charge in [-0.3, -0.25) is 5.41 Å². The van der Waals surface area contributed by atoms with Crippen molar-refractivity contribution in [3.05, 3.63) is 47.5 Å². The Morgan fingerprint density at radius 2 is 2.21 bits per heavy atom. The molecule has 3 N–H and O–H groups in total. The molecule has 0 amide bonds. The van der Waals surface area contributed by atoms with Gasteiger partial charge in [0, 0.05) is 36.7 Å². The second kappa shape index (κ2) is 4.42. The molecule has 2 heterocycles. The summed E-state index contributed by atoms with van der Waals surface area (Å²) in [5, 5.41) is 7.74. The summed E-state index contributed by atoms with van der Waals surface area (Å²) >= 11 is 0. The minimum atomic E-state index is 0.118. The maximum Gasteiger partial charge on any atom is 0.128 e. The van der Waals surface area contributed by atoms with Gasteiger partial charge in [0.05, 0.1) is 6.54 Å². The number of aryl methyl sites for hydroxylation is 1. The van der Waals surface area contributed by atoms with Gasteiger partial charge in [0.2, 0.25) is 0 Å². The summed E-state index contributed by atoms with van der Waals surface area (Å²) in [6.45, 7) is 4.60. The van der Waals surface area contributed by atoms with E-state index in [-0.39, 0.29) is 5.84 Å². The van der Waals surface area contributed by atoms with Crippen molar-refractivity contribution in [2.45, 2.75) is 20.0 Å². The van der Waals surface area contributed by atoms with Crippen LogP contribution < -0.4 is 10.6 Å². The Bertz CT molecular complexity index is 629. The zero-order chi connectivity index (χ0) is 13.4. The van der Waals surface area contributed by atoms with E-state index < -0.39 is 0 Å². The van der Waals surface area contributed by atoms with Gasteiger partial charge in [0.15, 0.2) is 0 Å². The van der Waals surface area contributed by atoms with Crippen LogP contribution in [-0.4, -0.2) is 21.9 Å². The van der Waals surface area contributed by atoms with Gasteiger partial charge in [-0.2, -0.15) is 0 Å². The molecule has 0 radical (unpaired) electrons. The highest BCUT2D eigenvalue weighted by atomic mass is 15.2. The van der Waals surface area contributed by atoms with Crippen molar-refractivity contribution >= 4 is 11.5 Å². The normalized spacial score (nSPS) is 14.3. The van der Waals surface area contributed by atoms with E-state index in [9.17, 15) is 0 Å². The lowest BCUT2D eigenvalue weighted by Gasteiger charge is -2.31. The van der Waals surface area contributed by atoms with Crippen LogP contribution in [0.5, 0.6) is 0 Å². The van der Waals surface area contributed by atoms with Crippen LogP contribution in [-0.2, 0) is 13.1 Å².